The summed E-state index contributed by atoms with van der Waals surface area (Å²) < 4.78 is 6.46. The van der Waals surface area contributed by atoms with Crippen LogP contribution in [0.5, 0.6) is 5.75 Å². The van der Waals surface area contributed by atoms with Crippen molar-refractivity contribution in [2.24, 2.45) is 5.10 Å². The molecular weight excluding hydrogens is 480 g/mol. The van der Waals surface area contributed by atoms with Gasteiger partial charge in [0, 0.05) is 10.1 Å². The Morgan fingerprint density at radius 2 is 1.66 bits per heavy atom. The molecule has 5 nitrogen and oxygen atoms in total. The van der Waals surface area contributed by atoms with Crippen LogP contribution in [0, 0.1) is 0 Å². The second-order valence-electron chi connectivity index (χ2n) is 7.81. The average molecular weight is 499 g/mol. The highest BCUT2D eigenvalue weighted by Crippen LogP contribution is 2.35. The molecule has 1 aromatic heterocycles. The number of ether oxygens (including phenoxy) is 1. The number of nitrogens with one attached hydrogen (secondary N) is 1. The summed E-state index contributed by atoms with van der Waals surface area (Å²) in [5.74, 6) is -0.386. The fourth-order valence-corrected chi connectivity index (χ4v) is 5.18. The number of carbonyl (C=O) groups excluding carboxylic acids is 2. The van der Waals surface area contributed by atoms with Crippen molar-refractivity contribution in [2.45, 2.75) is 6.42 Å². The Morgan fingerprint density at radius 1 is 0.914 bits per heavy atom. The SMILES string of the molecule is O=C(Cc1cccc2ccccc12)N/N=C/c1cccc(OC(=O)c2sc3ccccc3c2Cl)c1. The molecule has 1 N–H and O–H groups in total. The summed E-state index contributed by atoms with van der Waals surface area (Å²) in [6.07, 6.45) is 1.72. The highest BCUT2D eigenvalue weighted by atomic mass is 35.5. The van der Waals surface area contributed by atoms with E-state index in [1.165, 1.54) is 17.6 Å². The van der Waals surface area contributed by atoms with Crippen LogP contribution in [0.25, 0.3) is 20.9 Å². The first-order chi connectivity index (χ1) is 17.1. The maximum absolute atomic E-state index is 12.7. The zero-order valence-electron chi connectivity index (χ0n) is 18.4. The van der Waals surface area contributed by atoms with E-state index in [0.717, 1.165) is 26.4 Å². The quantitative estimate of drug-likeness (QED) is 0.124. The molecular formula is C28H19ClN2O3S. The van der Waals surface area contributed by atoms with Crippen LogP contribution in [-0.4, -0.2) is 18.1 Å². The number of hydrogen-bond donors (Lipinski definition) is 1. The molecule has 0 spiro atoms. The third-order valence-corrected chi connectivity index (χ3v) is 7.08. The number of nitrogens with zero attached hydrogens (tertiary/aromatic N) is 1. The Balaban J connectivity index is 1.23. The standard InChI is InChI=1S/C28H19ClN2O3S/c29-26-23-13-3-4-14-24(23)35-27(26)28(33)34-21-11-5-7-18(15-21)17-30-31-25(32)16-20-10-6-9-19-8-1-2-12-22(19)20/h1-15,17H,16H2,(H,31,32)/b30-17+. The zero-order valence-corrected chi connectivity index (χ0v) is 20.0. The molecule has 35 heavy (non-hydrogen) atoms. The number of thiophene rings is 1. The molecule has 0 aliphatic carbocycles. The van der Waals surface area contributed by atoms with Crippen LogP contribution in [0.1, 0.15) is 20.8 Å². The van der Waals surface area contributed by atoms with Crippen molar-refractivity contribution in [3.05, 3.63) is 112 Å². The Morgan fingerprint density at radius 3 is 2.51 bits per heavy atom. The first kappa shape index (κ1) is 22.8. The molecule has 1 heterocycles. The molecule has 0 saturated carbocycles. The lowest BCUT2D eigenvalue weighted by Gasteiger charge is -2.06. The highest BCUT2D eigenvalue weighted by molar-refractivity contribution is 7.21. The van der Waals surface area contributed by atoms with Crippen molar-refractivity contribution in [1.29, 1.82) is 0 Å². The lowest BCUT2D eigenvalue weighted by Crippen LogP contribution is -2.19. The summed E-state index contributed by atoms with van der Waals surface area (Å²) in [5.41, 5.74) is 4.16. The zero-order chi connectivity index (χ0) is 24.2. The largest absolute Gasteiger partial charge is 0.422 e. The molecule has 172 valence electrons. The van der Waals surface area contributed by atoms with Crippen LogP contribution >= 0.6 is 22.9 Å². The van der Waals surface area contributed by atoms with Crippen molar-refractivity contribution in [3.63, 3.8) is 0 Å². The minimum atomic E-state index is -0.520. The van der Waals surface area contributed by atoms with Crippen molar-refractivity contribution < 1.29 is 14.3 Å². The third-order valence-electron chi connectivity index (χ3n) is 5.42. The van der Waals surface area contributed by atoms with Gasteiger partial charge < -0.3 is 4.74 Å². The number of hydrazone groups is 1. The van der Waals surface area contributed by atoms with Gasteiger partial charge in [-0.1, -0.05) is 84.4 Å². The number of esters is 1. The molecule has 0 aliphatic heterocycles. The van der Waals surface area contributed by atoms with Crippen LogP contribution < -0.4 is 10.2 Å². The molecule has 0 radical (unpaired) electrons. The molecule has 0 bridgehead atoms. The molecule has 0 aliphatic rings. The van der Waals surface area contributed by atoms with Gasteiger partial charge in [-0.05, 0) is 40.1 Å². The molecule has 0 atom stereocenters. The molecule has 0 unspecified atom stereocenters. The predicted molar refractivity (Wildman–Crippen MR) is 142 cm³/mol. The number of hydrogen-bond acceptors (Lipinski definition) is 5. The van der Waals surface area contributed by atoms with Gasteiger partial charge in [-0.2, -0.15) is 5.10 Å². The number of amides is 1. The van der Waals surface area contributed by atoms with E-state index >= 15 is 0 Å². The molecule has 4 aromatic carbocycles. The molecule has 1 amide bonds. The van der Waals surface area contributed by atoms with Gasteiger partial charge in [-0.15, -0.1) is 11.3 Å². The van der Waals surface area contributed by atoms with Gasteiger partial charge in [0.05, 0.1) is 17.7 Å². The first-order valence-corrected chi connectivity index (χ1v) is 12.1. The first-order valence-electron chi connectivity index (χ1n) is 10.9. The summed E-state index contributed by atoms with van der Waals surface area (Å²) in [4.78, 5) is 25.5. The molecule has 0 fully saturated rings. The second kappa shape index (κ2) is 10.1. The van der Waals surface area contributed by atoms with E-state index in [2.05, 4.69) is 10.5 Å². The van der Waals surface area contributed by atoms with E-state index in [1.54, 1.807) is 24.3 Å². The van der Waals surface area contributed by atoms with Crippen LogP contribution in [0.3, 0.4) is 0 Å². The van der Waals surface area contributed by atoms with E-state index in [1.807, 2.05) is 66.7 Å². The Bertz CT molecular complexity index is 1590. The Labute approximate surface area is 210 Å². The van der Waals surface area contributed by atoms with Crippen LogP contribution in [0.2, 0.25) is 5.02 Å². The highest BCUT2D eigenvalue weighted by Gasteiger charge is 2.19. The smallest absolute Gasteiger partial charge is 0.355 e. The van der Waals surface area contributed by atoms with Gasteiger partial charge in [0.25, 0.3) is 0 Å². The normalized spacial score (nSPS) is 11.2. The number of halogens is 1. The van der Waals surface area contributed by atoms with E-state index in [9.17, 15) is 9.59 Å². The fraction of sp³-hybridized carbons (Fsp3) is 0.0357. The van der Waals surface area contributed by atoms with Crippen molar-refractivity contribution in [2.75, 3.05) is 0 Å². The molecule has 5 rings (SSSR count). The van der Waals surface area contributed by atoms with Crippen LogP contribution in [0.4, 0.5) is 0 Å². The van der Waals surface area contributed by atoms with E-state index < -0.39 is 5.97 Å². The van der Waals surface area contributed by atoms with E-state index in [0.29, 0.717) is 21.2 Å². The summed E-state index contributed by atoms with van der Waals surface area (Å²) >= 11 is 7.68. The van der Waals surface area contributed by atoms with Gasteiger partial charge >= 0.3 is 5.97 Å². The minimum absolute atomic E-state index is 0.215. The maximum Gasteiger partial charge on any atom is 0.355 e. The topological polar surface area (TPSA) is 67.8 Å². The third kappa shape index (κ3) is 5.09. The van der Waals surface area contributed by atoms with Gasteiger partial charge in [0.2, 0.25) is 5.91 Å². The summed E-state index contributed by atoms with van der Waals surface area (Å²) in [7, 11) is 0. The predicted octanol–water partition coefficient (Wildman–Crippen LogP) is 6.62. The van der Waals surface area contributed by atoms with Gasteiger partial charge in [0.1, 0.15) is 10.6 Å². The number of benzene rings is 4. The lowest BCUT2D eigenvalue weighted by atomic mass is 10.0. The average Bonchev–Trinajstić information content (AvgIpc) is 3.21. The number of fused-ring (bicyclic) bond motifs is 2. The number of rotatable bonds is 6. The minimum Gasteiger partial charge on any atom is -0.422 e. The van der Waals surface area contributed by atoms with Gasteiger partial charge in [-0.3, -0.25) is 4.79 Å². The van der Waals surface area contributed by atoms with E-state index in [-0.39, 0.29) is 12.3 Å². The van der Waals surface area contributed by atoms with Gasteiger partial charge in [-0.25, -0.2) is 10.2 Å². The van der Waals surface area contributed by atoms with Crippen LogP contribution in [-0.2, 0) is 11.2 Å². The van der Waals surface area contributed by atoms with E-state index in [4.69, 9.17) is 16.3 Å². The fourth-order valence-electron chi connectivity index (χ4n) is 3.79. The second-order valence-corrected chi connectivity index (χ2v) is 9.24. The molecule has 7 heteroatoms. The number of carbonyl (C=O) groups is 2. The monoisotopic (exact) mass is 498 g/mol. The Hall–Kier alpha value is -4.00. The van der Waals surface area contributed by atoms with Gasteiger partial charge in [0.15, 0.2) is 0 Å². The maximum atomic E-state index is 12.7. The lowest BCUT2D eigenvalue weighted by molar-refractivity contribution is -0.120. The Kier molecular flexibility index (Phi) is 6.57. The summed E-state index contributed by atoms with van der Waals surface area (Å²) in [6.45, 7) is 0. The molecule has 5 aromatic rings. The van der Waals surface area contributed by atoms with Crippen molar-refractivity contribution in [3.8, 4) is 5.75 Å². The van der Waals surface area contributed by atoms with Crippen molar-refractivity contribution in [1.82, 2.24) is 5.43 Å². The van der Waals surface area contributed by atoms with Crippen LogP contribution in [0.15, 0.2) is 96.1 Å². The van der Waals surface area contributed by atoms with Crippen molar-refractivity contribution >= 4 is 61.9 Å². The summed E-state index contributed by atoms with van der Waals surface area (Å²) in [6, 6.07) is 28.3. The summed E-state index contributed by atoms with van der Waals surface area (Å²) in [5, 5.41) is 7.40. The molecule has 0 saturated heterocycles.